The van der Waals surface area contributed by atoms with Gasteiger partial charge in [0.25, 0.3) is 0 Å². The first-order valence-electron chi connectivity index (χ1n) is 10.3. The number of allylic oxidation sites excluding steroid dienone is 1. The number of pyridine rings is 1. The Labute approximate surface area is 195 Å². The summed E-state index contributed by atoms with van der Waals surface area (Å²) in [6.45, 7) is 1.79. The average Bonchev–Trinajstić information content (AvgIpc) is 3.49. The molecule has 32 heavy (non-hydrogen) atoms. The van der Waals surface area contributed by atoms with Gasteiger partial charge in [0.05, 0.1) is 10.8 Å². The van der Waals surface area contributed by atoms with Gasteiger partial charge >= 0.3 is 0 Å². The fourth-order valence-electron chi connectivity index (χ4n) is 3.45. The summed E-state index contributed by atoms with van der Waals surface area (Å²) >= 11 is 2.86. The number of carbonyl (C=O) groups is 2. The summed E-state index contributed by atoms with van der Waals surface area (Å²) in [4.78, 5) is 30.7. The highest BCUT2D eigenvalue weighted by Gasteiger charge is 2.21. The van der Waals surface area contributed by atoms with Crippen LogP contribution in [0, 0.1) is 11.3 Å². The second kappa shape index (κ2) is 9.94. The molecule has 160 valence electrons. The number of amides is 1. The largest absolute Gasteiger partial charge is 0.325 e. The van der Waals surface area contributed by atoms with E-state index in [9.17, 15) is 14.9 Å². The van der Waals surface area contributed by atoms with Crippen LogP contribution in [0.5, 0.6) is 0 Å². The minimum atomic E-state index is -0.427. The normalized spacial score (nSPS) is 13.5. The third-order valence-electron chi connectivity index (χ3n) is 5.17. The molecule has 0 unspecified atom stereocenters. The number of aryl methyl sites for hydroxylation is 2. The maximum atomic E-state index is 12.7. The molecule has 1 aromatic carbocycles. The SMILES string of the molecule is C[C@H](Sc1nc2c(cc1C#N)CCC2)C(=O)Nc1ccc(C(=O)/C=C/c2cccs2)cc1. The number of thiophene rings is 1. The number of fused-ring (bicyclic) bond motifs is 1. The Bertz CT molecular complexity index is 1210. The number of nitrogens with zero attached hydrogens (tertiary/aromatic N) is 2. The van der Waals surface area contributed by atoms with Crippen molar-refractivity contribution in [2.45, 2.75) is 36.5 Å². The molecule has 5 nitrogen and oxygen atoms in total. The molecular formula is C25H21N3O2S2. The number of anilines is 1. The first-order valence-corrected chi connectivity index (χ1v) is 12.1. The number of carbonyl (C=O) groups excluding carboxylic acids is 2. The van der Waals surface area contributed by atoms with Crippen molar-refractivity contribution >= 4 is 46.6 Å². The van der Waals surface area contributed by atoms with Crippen LogP contribution in [0.4, 0.5) is 5.69 Å². The monoisotopic (exact) mass is 459 g/mol. The molecule has 0 radical (unpaired) electrons. The lowest BCUT2D eigenvalue weighted by Gasteiger charge is -2.13. The van der Waals surface area contributed by atoms with Crippen LogP contribution < -0.4 is 5.32 Å². The minimum absolute atomic E-state index is 0.0908. The average molecular weight is 460 g/mol. The molecule has 0 saturated carbocycles. The second-order valence-electron chi connectivity index (χ2n) is 7.45. The molecule has 1 aliphatic carbocycles. The van der Waals surface area contributed by atoms with Gasteiger partial charge in [0, 0.05) is 21.8 Å². The maximum absolute atomic E-state index is 12.7. The molecule has 2 aromatic heterocycles. The Kier molecular flexibility index (Phi) is 6.84. The van der Waals surface area contributed by atoms with Gasteiger partial charge in [0.2, 0.25) is 5.91 Å². The number of benzene rings is 1. The standard InChI is InChI=1S/C25H21N3O2S2/c1-16(32-25-19(15-26)14-18-4-2-6-22(18)28-25)24(30)27-20-9-7-17(8-10-20)23(29)12-11-21-5-3-13-31-21/h3,5,7-14,16H,2,4,6H2,1H3,(H,27,30)/b12-11+/t16-/m0/s1. The van der Waals surface area contributed by atoms with Gasteiger partial charge in [-0.1, -0.05) is 17.8 Å². The van der Waals surface area contributed by atoms with Crippen molar-refractivity contribution in [3.63, 3.8) is 0 Å². The van der Waals surface area contributed by atoms with Crippen LogP contribution in [0.1, 0.15) is 45.4 Å². The molecule has 0 saturated heterocycles. The molecule has 0 fully saturated rings. The number of hydrogen-bond acceptors (Lipinski definition) is 6. The fraction of sp³-hybridized carbons (Fsp3) is 0.200. The first kappa shape index (κ1) is 22.0. The molecular weight excluding hydrogens is 438 g/mol. The van der Waals surface area contributed by atoms with Crippen molar-refractivity contribution < 1.29 is 9.59 Å². The van der Waals surface area contributed by atoms with Gasteiger partial charge in [0.1, 0.15) is 11.1 Å². The van der Waals surface area contributed by atoms with E-state index < -0.39 is 5.25 Å². The lowest BCUT2D eigenvalue weighted by Crippen LogP contribution is -2.22. The lowest BCUT2D eigenvalue weighted by atomic mass is 10.1. The van der Waals surface area contributed by atoms with Gasteiger partial charge in [-0.05, 0) is 85.7 Å². The highest BCUT2D eigenvalue weighted by atomic mass is 32.2. The number of thioether (sulfide) groups is 1. The first-order chi connectivity index (χ1) is 15.5. The van der Waals surface area contributed by atoms with Crippen LogP contribution in [-0.2, 0) is 17.6 Å². The minimum Gasteiger partial charge on any atom is -0.325 e. The summed E-state index contributed by atoms with van der Waals surface area (Å²) in [6, 6.07) is 14.8. The Balaban J connectivity index is 1.37. The van der Waals surface area contributed by atoms with Gasteiger partial charge in [-0.15, -0.1) is 11.3 Å². The number of hydrogen-bond donors (Lipinski definition) is 1. The zero-order valence-corrected chi connectivity index (χ0v) is 19.1. The van der Waals surface area contributed by atoms with E-state index in [1.807, 2.05) is 23.6 Å². The molecule has 0 bridgehead atoms. The molecule has 7 heteroatoms. The van der Waals surface area contributed by atoms with Crippen molar-refractivity contribution in [2.24, 2.45) is 0 Å². The molecule has 1 amide bonds. The van der Waals surface area contributed by atoms with Crippen molar-refractivity contribution in [1.29, 1.82) is 5.26 Å². The van der Waals surface area contributed by atoms with Gasteiger partial charge in [-0.2, -0.15) is 5.26 Å². The van der Waals surface area contributed by atoms with E-state index in [-0.39, 0.29) is 11.7 Å². The summed E-state index contributed by atoms with van der Waals surface area (Å²) in [5, 5.41) is 14.5. The zero-order chi connectivity index (χ0) is 22.5. The van der Waals surface area contributed by atoms with Crippen LogP contribution in [0.15, 0.2) is 58.9 Å². The topological polar surface area (TPSA) is 82.8 Å². The summed E-state index contributed by atoms with van der Waals surface area (Å²) in [7, 11) is 0. The molecule has 1 atom stereocenters. The lowest BCUT2D eigenvalue weighted by molar-refractivity contribution is -0.115. The number of ketones is 1. The van der Waals surface area contributed by atoms with E-state index in [0.29, 0.717) is 21.8 Å². The Morgan fingerprint density at radius 3 is 2.78 bits per heavy atom. The van der Waals surface area contributed by atoms with E-state index in [2.05, 4.69) is 16.4 Å². The van der Waals surface area contributed by atoms with Crippen molar-refractivity contribution in [1.82, 2.24) is 4.98 Å². The second-order valence-corrected chi connectivity index (χ2v) is 9.76. The summed E-state index contributed by atoms with van der Waals surface area (Å²) in [6.07, 6.45) is 6.28. The summed E-state index contributed by atoms with van der Waals surface area (Å²) in [5.41, 5.74) is 3.87. The molecule has 0 aliphatic heterocycles. The van der Waals surface area contributed by atoms with Crippen LogP contribution in [-0.4, -0.2) is 21.9 Å². The predicted octanol–water partition coefficient (Wildman–Crippen LogP) is 5.52. The van der Waals surface area contributed by atoms with Crippen LogP contribution >= 0.6 is 23.1 Å². The number of aromatic nitrogens is 1. The van der Waals surface area contributed by atoms with Gasteiger partial charge in [-0.25, -0.2) is 4.98 Å². The summed E-state index contributed by atoms with van der Waals surface area (Å²) < 4.78 is 0. The summed E-state index contributed by atoms with van der Waals surface area (Å²) in [5.74, 6) is -0.273. The van der Waals surface area contributed by atoms with Crippen LogP contribution in [0.2, 0.25) is 0 Å². The fourth-order valence-corrected chi connectivity index (χ4v) is 4.96. The molecule has 1 aliphatic rings. The van der Waals surface area contributed by atoms with Crippen molar-refractivity contribution in [3.05, 3.63) is 81.2 Å². The van der Waals surface area contributed by atoms with Crippen molar-refractivity contribution in [2.75, 3.05) is 5.32 Å². The van der Waals surface area contributed by atoms with Crippen LogP contribution in [0.25, 0.3) is 6.08 Å². The van der Waals surface area contributed by atoms with Crippen LogP contribution in [0.3, 0.4) is 0 Å². The third kappa shape index (κ3) is 5.16. The quantitative estimate of drug-likeness (QED) is 0.286. The highest BCUT2D eigenvalue weighted by Crippen LogP contribution is 2.30. The smallest absolute Gasteiger partial charge is 0.237 e. The van der Waals surface area contributed by atoms with E-state index in [0.717, 1.165) is 35.4 Å². The van der Waals surface area contributed by atoms with Gasteiger partial charge < -0.3 is 5.32 Å². The van der Waals surface area contributed by atoms with E-state index >= 15 is 0 Å². The van der Waals surface area contributed by atoms with Gasteiger partial charge in [0.15, 0.2) is 5.78 Å². The van der Waals surface area contributed by atoms with Crippen molar-refractivity contribution in [3.8, 4) is 6.07 Å². The highest BCUT2D eigenvalue weighted by molar-refractivity contribution is 8.00. The number of nitriles is 1. The molecule has 1 N–H and O–H groups in total. The molecule has 3 aromatic rings. The maximum Gasteiger partial charge on any atom is 0.237 e. The number of rotatable bonds is 7. The molecule has 2 heterocycles. The Hall–Kier alpha value is -3.21. The van der Waals surface area contributed by atoms with E-state index in [1.165, 1.54) is 11.8 Å². The van der Waals surface area contributed by atoms with E-state index in [1.54, 1.807) is 54.7 Å². The number of nitrogens with one attached hydrogen (secondary N) is 1. The third-order valence-corrected chi connectivity index (χ3v) is 7.11. The molecule has 4 rings (SSSR count). The van der Waals surface area contributed by atoms with Gasteiger partial charge in [-0.3, -0.25) is 9.59 Å². The predicted molar refractivity (Wildman–Crippen MR) is 129 cm³/mol. The molecule has 0 spiro atoms. The zero-order valence-electron chi connectivity index (χ0n) is 17.5. The Morgan fingerprint density at radius 2 is 2.06 bits per heavy atom. The Morgan fingerprint density at radius 1 is 1.25 bits per heavy atom. The van der Waals surface area contributed by atoms with E-state index in [4.69, 9.17) is 0 Å².